The molecule has 4 fully saturated rings. The number of methoxy groups -OCH3 is 2. The summed E-state index contributed by atoms with van der Waals surface area (Å²) in [5.74, 6) is 1.88. The minimum Gasteiger partial charge on any atom is -0.488 e. The molecule has 5 aliphatic heterocycles. The van der Waals surface area contributed by atoms with Crippen LogP contribution in [0.1, 0.15) is 120 Å². The summed E-state index contributed by atoms with van der Waals surface area (Å²) in [7, 11) is 2.64. The van der Waals surface area contributed by atoms with E-state index in [1.807, 2.05) is 43.7 Å². The highest BCUT2D eigenvalue weighted by molar-refractivity contribution is 5.88. The first-order valence-electron chi connectivity index (χ1n) is 24.5. The van der Waals surface area contributed by atoms with E-state index in [2.05, 4.69) is 50.9 Å². The molecule has 4 amide bonds. The smallest absolute Gasteiger partial charge is 0.407 e. The van der Waals surface area contributed by atoms with Crippen LogP contribution >= 0.6 is 0 Å². The molecule has 1 aliphatic carbocycles. The molecule has 8 atom stereocenters. The number of nitrogens with zero attached hydrogens (tertiary/aromatic N) is 4. The van der Waals surface area contributed by atoms with Gasteiger partial charge in [0.05, 0.1) is 68.3 Å². The lowest BCUT2D eigenvalue weighted by Crippen LogP contribution is -2.54. The van der Waals surface area contributed by atoms with Crippen LogP contribution in [0.5, 0.6) is 5.75 Å². The maximum atomic E-state index is 14.4. The quantitative estimate of drug-likeness (QED) is 0.131. The molecular formula is C51H64N8O9. The Balaban J connectivity index is 0.859. The fourth-order valence-corrected chi connectivity index (χ4v) is 12.2. The van der Waals surface area contributed by atoms with Gasteiger partial charge in [-0.05, 0) is 144 Å². The van der Waals surface area contributed by atoms with E-state index in [9.17, 15) is 19.2 Å². The number of ether oxygens (including phenoxy) is 5. The standard InChI is InChI=1S/C51H64N8O9/c1-26-17-32(18-27(2)67-26)43(56-50(62)64-5)48(60)58-15-7-9-40(58)46-52-24-39(54-46)31-11-13-35-34(21-31)25-66-42-23-36-30(22-37(35)42)12-14-38-45(36)55-47(53-38)41-10-8-16-59(41)49(61)44(57-51(63)65-6)33-19-28(3)68-29(4)20-33/h11,13,21-24,26-29,32-33,40-41,43-44H,7-10,12,14-20,25H2,1-6H3,(H,52,54)(H,53,55)(H,56,62)(H,57,63)/t26-,27-,28-,29-,40+,41+,43+,44+/m1/s1. The minimum absolute atomic E-state index is 0.0218. The zero-order chi connectivity index (χ0) is 47.4. The molecule has 7 heterocycles. The average molecular weight is 933 g/mol. The predicted molar refractivity (Wildman–Crippen MR) is 250 cm³/mol. The van der Waals surface area contributed by atoms with Gasteiger partial charge in [0.25, 0.3) is 0 Å². The van der Waals surface area contributed by atoms with Crippen molar-refractivity contribution in [3.8, 4) is 39.4 Å². The highest BCUT2D eigenvalue weighted by atomic mass is 16.5. The SMILES string of the molecule is COC(=O)N[C@H](C(=O)N1CCC[C@H]1c1ncc(-c2ccc3c(c2)COc2cc4c(cc2-3)CCc2[nH]c([C@@H]3CCCN3C(=O)[C@@H](NC(=O)OC)C3C[C@@H](C)O[C@H](C)C3)nc2-4)[nH]1)C1C[C@@H](C)O[C@H](C)C1. The maximum Gasteiger partial charge on any atom is 0.407 e. The number of nitrogens with one attached hydrogen (secondary N) is 4. The van der Waals surface area contributed by atoms with Crippen molar-refractivity contribution in [1.29, 1.82) is 0 Å². The van der Waals surface area contributed by atoms with Crippen LogP contribution in [0.25, 0.3) is 33.6 Å². The molecule has 0 radical (unpaired) electrons. The third-order valence-electron chi connectivity index (χ3n) is 15.2. The first kappa shape index (κ1) is 45.8. The summed E-state index contributed by atoms with van der Waals surface area (Å²) in [5, 5.41) is 5.75. The number of likely N-dealkylation sites (tertiary alicyclic amines) is 2. The van der Waals surface area contributed by atoms with Crippen molar-refractivity contribution in [2.24, 2.45) is 11.8 Å². The molecule has 17 nitrogen and oxygen atoms in total. The molecule has 68 heavy (non-hydrogen) atoms. The number of carbonyl (C=O) groups is 4. The van der Waals surface area contributed by atoms with Gasteiger partial charge in [0, 0.05) is 29.9 Å². The van der Waals surface area contributed by atoms with Crippen LogP contribution in [0.15, 0.2) is 36.5 Å². The maximum absolute atomic E-state index is 14.4. The van der Waals surface area contributed by atoms with Crippen LogP contribution in [0, 0.1) is 11.8 Å². The van der Waals surface area contributed by atoms with Crippen LogP contribution in [-0.2, 0) is 48.0 Å². The normalized spacial score (nSPS) is 27.1. The van der Waals surface area contributed by atoms with Crippen molar-refractivity contribution in [2.75, 3.05) is 27.3 Å². The third-order valence-corrected chi connectivity index (χ3v) is 15.2. The number of aryl methyl sites for hydroxylation is 2. The van der Waals surface area contributed by atoms with Gasteiger partial charge in [0.1, 0.15) is 36.1 Å². The minimum atomic E-state index is -0.729. The fourth-order valence-electron chi connectivity index (χ4n) is 12.2. The van der Waals surface area contributed by atoms with Crippen molar-refractivity contribution >= 4 is 24.0 Å². The number of hydrogen-bond acceptors (Lipinski definition) is 11. The molecule has 362 valence electrons. The van der Waals surface area contributed by atoms with Gasteiger partial charge in [0.15, 0.2) is 0 Å². The van der Waals surface area contributed by atoms with Crippen LogP contribution < -0.4 is 15.4 Å². The monoisotopic (exact) mass is 932 g/mol. The number of carbonyl (C=O) groups excluding carboxylic acids is 4. The van der Waals surface area contributed by atoms with Crippen molar-refractivity contribution in [3.05, 3.63) is 65.0 Å². The van der Waals surface area contributed by atoms with E-state index >= 15 is 0 Å². The molecule has 10 rings (SSSR count). The first-order valence-corrected chi connectivity index (χ1v) is 24.5. The zero-order valence-corrected chi connectivity index (χ0v) is 39.9. The Morgan fingerprint density at radius 2 is 1.29 bits per heavy atom. The summed E-state index contributed by atoms with van der Waals surface area (Å²) >= 11 is 0. The third kappa shape index (κ3) is 8.83. The summed E-state index contributed by atoms with van der Waals surface area (Å²) in [4.78, 5) is 74.8. The molecule has 2 aromatic heterocycles. The molecule has 0 saturated carbocycles. The van der Waals surface area contributed by atoms with Crippen molar-refractivity contribution in [1.82, 2.24) is 40.4 Å². The molecule has 0 unspecified atom stereocenters. The van der Waals surface area contributed by atoms with Gasteiger partial charge in [-0.25, -0.2) is 19.6 Å². The zero-order valence-electron chi connectivity index (χ0n) is 39.9. The highest BCUT2D eigenvalue weighted by Gasteiger charge is 2.44. The Bertz CT molecular complexity index is 2550. The van der Waals surface area contributed by atoms with Crippen molar-refractivity contribution in [2.45, 2.75) is 147 Å². The molecule has 17 heteroatoms. The number of amides is 4. The Kier molecular flexibility index (Phi) is 12.7. The Labute approximate surface area is 396 Å². The second-order valence-electron chi connectivity index (χ2n) is 19.9. The number of aromatic amines is 2. The van der Waals surface area contributed by atoms with Gasteiger partial charge in [-0.3, -0.25) is 9.59 Å². The van der Waals surface area contributed by atoms with Crippen LogP contribution in [0.3, 0.4) is 0 Å². The van der Waals surface area contributed by atoms with E-state index < -0.39 is 24.3 Å². The van der Waals surface area contributed by atoms with Crippen LogP contribution in [-0.4, -0.2) is 118 Å². The molecule has 4 N–H and O–H groups in total. The lowest BCUT2D eigenvalue weighted by molar-refractivity contribution is -0.139. The molecular weight excluding hydrogens is 869 g/mol. The molecule has 6 aliphatic rings. The Morgan fingerprint density at radius 1 is 0.706 bits per heavy atom. The lowest BCUT2D eigenvalue weighted by atomic mass is 9.85. The fraction of sp³-hybridized carbons (Fsp3) is 0.569. The van der Waals surface area contributed by atoms with Gasteiger partial charge in [-0.15, -0.1) is 0 Å². The van der Waals surface area contributed by atoms with Crippen molar-refractivity contribution < 1.29 is 42.9 Å². The number of H-pyrrole nitrogens is 2. The number of rotatable bonds is 9. The molecule has 4 saturated heterocycles. The van der Waals surface area contributed by atoms with Gasteiger partial charge in [0.2, 0.25) is 11.8 Å². The molecule has 4 aromatic rings. The number of hydrogen-bond donors (Lipinski definition) is 4. The lowest BCUT2D eigenvalue weighted by Gasteiger charge is -2.38. The second-order valence-corrected chi connectivity index (χ2v) is 19.9. The Hall–Kier alpha value is -5.94. The van der Waals surface area contributed by atoms with Crippen molar-refractivity contribution in [3.63, 3.8) is 0 Å². The van der Waals surface area contributed by atoms with E-state index in [0.29, 0.717) is 45.4 Å². The van der Waals surface area contributed by atoms with E-state index in [1.54, 1.807) is 0 Å². The first-order chi connectivity index (χ1) is 32.8. The predicted octanol–water partition coefficient (Wildman–Crippen LogP) is 7.31. The number of aromatic nitrogens is 4. The second kappa shape index (κ2) is 18.9. The summed E-state index contributed by atoms with van der Waals surface area (Å²) in [6.07, 6.45) is 7.98. The highest BCUT2D eigenvalue weighted by Crippen LogP contribution is 2.46. The molecule has 0 spiro atoms. The topological polar surface area (TPSA) is 202 Å². The van der Waals surface area contributed by atoms with Gasteiger partial charge in [-0.2, -0.15) is 0 Å². The molecule has 2 aromatic carbocycles. The van der Waals surface area contributed by atoms with Crippen LogP contribution in [0.4, 0.5) is 9.59 Å². The summed E-state index contributed by atoms with van der Waals surface area (Å²) in [6.45, 7) is 9.58. The van der Waals surface area contributed by atoms with E-state index in [1.165, 1.54) is 19.8 Å². The van der Waals surface area contributed by atoms with Crippen LogP contribution in [0.2, 0.25) is 0 Å². The average Bonchev–Trinajstić information content (AvgIpc) is 4.17. The van der Waals surface area contributed by atoms with E-state index in [-0.39, 0.29) is 60.1 Å². The van der Waals surface area contributed by atoms with Gasteiger partial charge in [-0.1, -0.05) is 12.1 Å². The summed E-state index contributed by atoms with van der Waals surface area (Å²) in [5.41, 5.74) is 9.21. The Morgan fingerprint density at radius 3 is 1.88 bits per heavy atom. The van der Waals surface area contributed by atoms with E-state index in [0.717, 1.165) is 101 Å². The summed E-state index contributed by atoms with van der Waals surface area (Å²) in [6, 6.07) is 8.82. The van der Waals surface area contributed by atoms with Gasteiger partial charge >= 0.3 is 12.2 Å². The largest absolute Gasteiger partial charge is 0.488 e. The number of imidazole rings is 2. The number of alkyl carbamates (subject to hydrolysis) is 2. The van der Waals surface area contributed by atoms with Gasteiger partial charge < -0.3 is 54.1 Å². The molecule has 0 bridgehead atoms. The van der Waals surface area contributed by atoms with E-state index in [4.69, 9.17) is 33.7 Å². The number of fused-ring (bicyclic) bond motifs is 6. The number of benzene rings is 2. The summed E-state index contributed by atoms with van der Waals surface area (Å²) < 4.78 is 28.4.